The number of nitrogens with one attached hydrogen (secondary N) is 1. The van der Waals surface area contributed by atoms with E-state index < -0.39 is 0 Å². The third-order valence-electron chi connectivity index (χ3n) is 3.37. The molecular weight excluding hydrogens is 340 g/mol. The Hall–Kier alpha value is -2.38. The van der Waals surface area contributed by atoms with Crippen molar-refractivity contribution in [3.63, 3.8) is 0 Å². The van der Waals surface area contributed by atoms with Crippen LogP contribution in [0.4, 0.5) is 10.8 Å². The second kappa shape index (κ2) is 6.62. The number of aryl methyl sites for hydroxylation is 1. The van der Waals surface area contributed by atoms with Crippen molar-refractivity contribution in [2.45, 2.75) is 17.0 Å². The van der Waals surface area contributed by atoms with E-state index in [4.69, 9.17) is 4.42 Å². The standard InChI is InChI=1S/C17H14N4OS2/c1-11-6-8-12(9-7-11)18-16-20-21-17(24-16)23-10-15-19-13-4-2-3-5-14(13)22-15/h2-9H,10H2,1H3,(H,18,20). The number of aromatic nitrogens is 3. The Morgan fingerprint density at radius 3 is 2.75 bits per heavy atom. The number of hydrogen-bond donors (Lipinski definition) is 1. The minimum atomic E-state index is 0.633. The summed E-state index contributed by atoms with van der Waals surface area (Å²) in [5, 5.41) is 12.4. The molecular formula is C17H14N4OS2. The summed E-state index contributed by atoms with van der Waals surface area (Å²) in [6, 6.07) is 15.9. The van der Waals surface area contributed by atoms with Crippen molar-refractivity contribution in [3.05, 3.63) is 60.0 Å². The number of anilines is 2. The molecule has 0 aliphatic rings. The molecule has 2 aromatic carbocycles. The molecule has 0 spiro atoms. The van der Waals surface area contributed by atoms with Gasteiger partial charge in [0.25, 0.3) is 0 Å². The van der Waals surface area contributed by atoms with Crippen LogP contribution in [0.1, 0.15) is 11.5 Å². The zero-order valence-electron chi connectivity index (χ0n) is 12.9. The summed E-state index contributed by atoms with van der Waals surface area (Å²) in [6.45, 7) is 2.07. The van der Waals surface area contributed by atoms with Gasteiger partial charge in [-0.05, 0) is 31.2 Å². The van der Waals surface area contributed by atoms with Crippen LogP contribution < -0.4 is 5.32 Å². The quantitative estimate of drug-likeness (QED) is 0.508. The van der Waals surface area contributed by atoms with Gasteiger partial charge in [-0.1, -0.05) is 52.9 Å². The number of nitrogens with zero attached hydrogens (tertiary/aromatic N) is 3. The van der Waals surface area contributed by atoms with Gasteiger partial charge in [-0.25, -0.2) is 4.98 Å². The molecule has 0 saturated heterocycles. The average molecular weight is 354 g/mol. The van der Waals surface area contributed by atoms with E-state index in [1.165, 1.54) is 16.9 Å². The van der Waals surface area contributed by atoms with Crippen LogP contribution in [0.15, 0.2) is 57.3 Å². The highest BCUT2D eigenvalue weighted by Gasteiger charge is 2.09. The molecule has 0 atom stereocenters. The molecule has 0 aliphatic carbocycles. The number of fused-ring (bicyclic) bond motifs is 1. The van der Waals surface area contributed by atoms with E-state index in [0.29, 0.717) is 11.6 Å². The van der Waals surface area contributed by atoms with E-state index in [1.807, 2.05) is 36.4 Å². The van der Waals surface area contributed by atoms with Crippen LogP contribution in [0, 0.1) is 6.92 Å². The Balaban J connectivity index is 1.40. The van der Waals surface area contributed by atoms with Crippen LogP contribution in [0.3, 0.4) is 0 Å². The predicted octanol–water partition coefficient (Wildman–Crippen LogP) is 5.02. The van der Waals surface area contributed by atoms with Crippen molar-refractivity contribution in [3.8, 4) is 0 Å². The van der Waals surface area contributed by atoms with Gasteiger partial charge < -0.3 is 9.73 Å². The zero-order chi connectivity index (χ0) is 16.4. The molecule has 2 heterocycles. The van der Waals surface area contributed by atoms with Gasteiger partial charge >= 0.3 is 0 Å². The molecule has 0 aliphatic heterocycles. The summed E-state index contributed by atoms with van der Waals surface area (Å²) < 4.78 is 6.59. The number of oxazole rings is 1. The number of benzene rings is 2. The Bertz CT molecular complexity index is 929. The fourth-order valence-electron chi connectivity index (χ4n) is 2.18. The van der Waals surface area contributed by atoms with Gasteiger partial charge in [0.1, 0.15) is 5.52 Å². The third kappa shape index (κ3) is 3.42. The minimum Gasteiger partial charge on any atom is -0.440 e. The molecule has 5 nitrogen and oxygen atoms in total. The van der Waals surface area contributed by atoms with E-state index in [9.17, 15) is 0 Å². The Labute approximate surface area is 147 Å². The van der Waals surface area contributed by atoms with Gasteiger partial charge in [-0.3, -0.25) is 0 Å². The van der Waals surface area contributed by atoms with Crippen LogP contribution in [0.5, 0.6) is 0 Å². The van der Waals surface area contributed by atoms with Crippen molar-refractivity contribution in [2.75, 3.05) is 5.32 Å². The third-order valence-corrected chi connectivity index (χ3v) is 5.32. The highest BCUT2D eigenvalue weighted by molar-refractivity contribution is 8.00. The molecule has 0 radical (unpaired) electrons. The predicted molar refractivity (Wildman–Crippen MR) is 97.9 cm³/mol. The van der Waals surface area contributed by atoms with E-state index >= 15 is 0 Å². The maximum absolute atomic E-state index is 5.71. The van der Waals surface area contributed by atoms with Crippen LogP contribution in [0.25, 0.3) is 11.1 Å². The SMILES string of the molecule is Cc1ccc(Nc2nnc(SCc3nc4ccccc4o3)s2)cc1. The highest BCUT2D eigenvalue weighted by Crippen LogP contribution is 2.30. The van der Waals surface area contributed by atoms with Crippen molar-refractivity contribution in [1.82, 2.24) is 15.2 Å². The lowest BCUT2D eigenvalue weighted by Gasteiger charge is -2.01. The lowest BCUT2D eigenvalue weighted by atomic mass is 10.2. The van der Waals surface area contributed by atoms with Crippen LogP contribution >= 0.6 is 23.1 Å². The molecule has 7 heteroatoms. The number of rotatable bonds is 5. The molecule has 120 valence electrons. The van der Waals surface area contributed by atoms with Gasteiger partial charge in [0.15, 0.2) is 9.92 Å². The highest BCUT2D eigenvalue weighted by atomic mass is 32.2. The van der Waals surface area contributed by atoms with E-state index in [0.717, 1.165) is 26.3 Å². The first-order valence-corrected chi connectivity index (χ1v) is 9.21. The van der Waals surface area contributed by atoms with Gasteiger partial charge in [0.05, 0.1) is 5.75 Å². The zero-order valence-corrected chi connectivity index (χ0v) is 14.5. The topological polar surface area (TPSA) is 63.8 Å². The number of hydrogen-bond acceptors (Lipinski definition) is 7. The molecule has 4 aromatic rings. The fraction of sp³-hybridized carbons (Fsp3) is 0.118. The van der Waals surface area contributed by atoms with Gasteiger partial charge in [-0.2, -0.15) is 0 Å². The van der Waals surface area contributed by atoms with Gasteiger partial charge in [0, 0.05) is 5.69 Å². The number of para-hydroxylation sites is 2. The summed E-state index contributed by atoms with van der Waals surface area (Å²) in [7, 11) is 0. The summed E-state index contributed by atoms with van der Waals surface area (Å²) in [4.78, 5) is 4.46. The molecule has 2 aromatic heterocycles. The van der Waals surface area contributed by atoms with Crippen molar-refractivity contribution >= 4 is 45.0 Å². The van der Waals surface area contributed by atoms with E-state index in [-0.39, 0.29) is 0 Å². The van der Waals surface area contributed by atoms with Gasteiger partial charge in [-0.15, -0.1) is 10.2 Å². The van der Waals surface area contributed by atoms with Crippen molar-refractivity contribution in [2.24, 2.45) is 0 Å². The molecule has 0 fully saturated rings. The number of thioether (sulfide) groups is 1. The summed E-state index contributed by atoms with van der Waals surface area (Å²) in [5.74, 6) is 1.33. The Morgan fingerprint density at radius 1 is 1.08 bits per heavy atom. The maximum atomic E-state index is 5.71. The second-order valence-corrected chi connectivity index (χ2v) is 7.43. The second-order valence-electron chi connectivity index (χ2n) is 5.23. The first-order chi connectivity index (χ1) is 11.8. The Morgan fingerprint density at radius 2 is 1.92 bits per heavy atom. The van der Waals surface area contributed by atoms with Crippen LogP contribution in [-0.2, 0) is 5.75 Å². The minimum absolute atomic E-state index is 0.633. The lowest BCUT2D eigenvalue weighted by molar-refractivity contribution is 0.556. The normalized spacial score (nSPS) is 11.0. The largest absolute Gasteiger partial charge is 0.440 e. The van der Waals surface area contributed by atoms with Gasteiger partial charge in [0.2, 0.25) is 11.0 Å². The molecule has 0 bridgehead atoms. The van der Waals surface area contributed by atoms with Crippen molar-refractivity contribution < 1.29 is 4.42 Å². The molecule has 0 saturated carbocycles. The average Bonchev–Trinajstić information content (AvgIpc) is 3.21. The molecule has 24 heavy (non-hydrogen) atoms. The first-order valence-electron chi connectivity index (χ1n) is 7.41. The van der Waals surface area contributed by atoms with E-state index in [1.54, 1.807) is 11.8 Å². The maximum Gasteiger partial charge on any atom is 0.210 e. The van der Waals surface area contributed by atoms with Crippen molar-refractivity contribution in [1.29, 1.82) is 0 Å². The summed E-state index contributed by atoms with van der Waals surface area (Å²) in [6.07, 6.45) is 0. The fourth-order valence-corrected chi connectivity index (χ4v) is 3.80. The van der Waals surface area contributed by atoms with Crippen LogP contribution in [-0.4, -0.2) is 15.2 Å². The Kier molecular flexibility index (Phi) is 4.18. The molecule has 0 unspecified atom stereocenters. The van der Waals surface area contributed by atoms with E-state index in [2.05, 4.69) is 39.6 Å². The monoisotopic (exact) mass is 354 g/mol. The molecule has 0 amide bonds. The lowest BCUT2D eigenvalue weighted by Crippen LogP contribution is -1.88. The van der Waals surface area contributed by atoms with Crippen LogP contribution in [0.2, 0.25) is 0 Å². The summed E-state index contributed by atoms with van der Waals surface area (Å²) >= 11 is 3.09. The molecule has 1 N–H and O–H groups in total. The molecule has 4 rings (SSSR count). The first kappa shape index (κ1) is 15.2. The smallest absolute Gasteiger partial charge is 0.210 e. The summed E-state index contributed by atoms with van der Waals surface area (Å²) in [5.41, 5.74) is 3.93.